The first-order chi connectivity index (χ1) is 13.0. The van der Waals surface area contributed by atoms with E-state index < -0.39 is 0 Å². The molecule has 0 spiro atoms. The van der Waals surface area contributed by atoms with Gasteiger partial charge in [-0.15, -0.1) is 0 Å². The van der Waals surface area contributed by atoms with Crippen molar-refractivity contribution in [2.75, 3.05) is 17.2 Å². The molecule has 0 bridgehead atoms. The highest BCUT2D eigenvalue weighted by Crippen LogP contribution is 2.17. The smallest absolute Gasteiger partial charge is 0.275 e. The maximum Gasteiger partial charge on any atom is 0.275 e. The summed E-state index contributed by atoms with van der Waals surface area (Å²) in [6, 6.07) is 13.6. The Morgan fingerprint density at radius 1 is 1.04 bits per heavy atom. The van der Waals surface area contributed by atoms with E-state index >= 15 is 0 Å². The molecule has 5 nitrogen and oxygen atoms in total. The fourth-order valence-corrected chi connectivity index (χ4v) is 2.79. The molecule has 138 valence electrons. The number of nitrogens with one attached hydrogen (secondary N) is 2. The molecule has 0 aliphatic carbocycles. The molecule has 0 saturated carbocycles. The number of anilines is 2. The lowest BCUT2D eigenvalue weighted by molar-refractivity contribution is 0.102. The van der Waals surface area contributed by atoms with Gasteiger partial charge in [0.2, 0.25) is 0 Å². The summed E-state index contributed by atoms with van der Waals surface area (Å²) in [5.74, 6) is 0.356. The van der Waals surface area contributed by atoms with Gasteiger partial charge in [0, 0.05) is 17.3 Å². The average molecular weight is 381 g/mol. The monoisotopic (exact) mass is 380 g/mol. The number of amides is 1. The van der Waals surface area contributed by atoms with Crippen LogP contribution in [0.5, 0.6) is 0 Å². The second-order valence-electron chi connectivity index (χ2n) is 6.36. The van der Waals surface area contributed by atoms with E-state index in [1.54, 1.807) is 6.20 Å². The molecule has 2 N–H and O–H groups in total. The van der Waals surface area contributed by atoms with Crippen molar-refractivity contribution in [1.82, 2.24) is 9.97 Å². The molecule has 2 aromatic carbocycles. The largest absolute Gasteiger partial charge is 0.368 e. The van der Waals surface area contributed by atoms with Crippen molar-refractivity contribution in [3.8, 4) is 0 Å². The zero-order valence-corrected chi connectivity index (χ0v) is 16.0. The summed E-state index contributed by atoms with van der Waals surface area (Å²) in [4.78, 5) is 20.8. The lowest BCUT2D eigenvalue weighted by Crippen LogP contribution is -2.15. The zero-order chi connectivity index (χ0) is 19.2. The van der Waals surface area contributed by atoms with Crippen molar-refractivity contribution < 1.29 is 4.79 Å². The molecule has 1 aromatic heterocycles. The minimum atomic E-state index is -0.276. The first-order valence-electron chi connectivity index (χ1n) is 8.70. The standard InChI is InChI=1S/C21H21ClN4O/c1-14-3-8-18(15(2)11-14)26-21(27)19-12-25-20(13-24-19)23-10-9-16-4-6-17(22)7-5-16/h3-8,11-13H,9-10H2,1-2H3,(H,23,25)(H,26,27). The normalized spacial score (nSPS) is 10.5. The van der Waals surface area contributed by atoms with Gasteiger partial charge in [-0.3, -0.25) is 4.79 Å². The van der Waals surface area contributed by atoms with Gasteiger partial charge in [-0.1, -0.05) is 41.4 Å². The van der Waals surface area contributed by atoms with E-state index in [-0.39, 0.29) is 11.6 Å². The van der Waals surface area contributed by atoms with Crippen molar-refractivity contribution in [3.63, 3.8) is 0 Å². The van der Waals surface area contributed by atoms with E-state index in [1.807, 2.05) is 56.3 Å². The van der Waals surface area contributed by atoms with Crippen LogP contribution in [-0.2, 0) is 6.42 Å². The van der Waals surface area contributed by atoms with Crippen LogP contribution in [0.25, 0.3) is 0 Å². The number of hydrogen-bond acceptors (Lipinski definition) is 4. The van der Waals surface area contributed by atoms with Crippen LogP contribution >= 0.6 is 11.6 Å². The summed E-state index contributed by atoms with van der Waals surface area (Å²) in [7, 11) is 0. The number of rotatable bonds is 6. The quantitative estimate of drug-likeness (QED) is 0.653. The molecule has 3 rings (SSSR count). The van der Waals surface area contributed by atoms with Crippen molar-refractivity contribution in [2.45, 2.75) is 20.3 Å². The van der Waals surface area contributed by atoms with Crippen LogP contribution in [0, 0.1) is 13.8 Å². The van der Waals surface area contributed by atoms with Crippen LogP contribution in [0.2, 0.25) is 5.02 Å². The molecular weight excluding hydrogens is 360 g/mol. The van der Waals surface area contributed by atoms with Gasteiger partial charge in [0.1, 0.15) is 11.5 Å². The lowest BCUT2D eigenvalue weighted by atomic mass is 10.1. The second-order valence-corrected chi connectivity index (χ2v) is 6.80. The molecule has 0 unspecified atom stereocenters. The predicted molar refractivity (Wildman–Crippen MR) is 110 cm³/mol. The Balaban J connectivity index is 1.54. The molecule has 0 radical (unpaired) electrons. The van der Waals surface area contributed by atoms with Gasteiger partial charge in [-0.05, 0) is 49.6 Å². The van der Waals surface area contributed by atoms with E-state index in [1.165, 1.54) is 11.8 Å². The Kier molecular flexibility index (Phi) is 6.04. The lowest BCUT2D eigenvalue weighted by Gasteiger charge is -2.09. The average Bonchev–Trinajstić information content (AvgIpc) is 2.66. The molecule has 6 heteroatoms. The Morgan fingerprint density at radius 2 is 1.81 bits per heavy atom. The van der Waals surface area contributed by atoms with E-state index in [0.29, 0.717) is 12.4 Å². The van der Waals surface area contributed by atoms with Gasteiger partial charge in [-0.2, -0.15) is 0 Å². The maximum atomic E-state index is 12.3. The highest BCUT2D eigenvalue weighted by atomic mass is 35.5. The number of carbonyl (C=O) groups excluding carboxylic acids is 1. The highest BCUT2D eigenvalue weighted by molar-refractivity contribution is 6.30. The van der Waals surface area contributed by atoms with Gasteiger partial charge >= 0.3 is 0 Å². The third-order valence-corrected chi connectivity index (χ3v) is 4.40. The van der Waals surface area contributed by atoms with Gasteiger partial charge < -0.3 is 10.6 Å². The van der Waals surface area contributed by atoms with Crippen LogP contribution in [0.4, 0.5) is 11.5 Å². The Morgan fingerprint density at radius 3 is 2.48 bits per heavy atom. The molecule has 0 saturated heterocycles. The van der Waals surface area contributed by atoms with Gasteiger partial charge in [-0.25, -0.2) is 9.97 Å². The number of halogens is 1. The molecule has 0 fully saturated rings. The van der Waals surface area contributed by atoms with Crippen molar-refractivity contribution >= 4 is 29.0 Å². The molecule has 1 amide bonds. The molecule has 27 heavy (non-hydrogen) atoms. The Bertz CT molecular complexity index is 924. The summed E-state index contributed by atoms with van der Waals surface area (Å²) in [5.41, 5.74) is 4.40. The maximum absolute atomic E-state index is 12.3. The Labute approximate surface area is 163 Å². The zero-order valence-electron chi connectivity index (χ0n) is 15.3. The highest BCUT2D eigenvalue weighted by Gasteiger charge is 2.10. The topological polar surface area (TPSA) is 66.9 Å². The first kappa shape index (κ1) is 18.9. The fraction of sp³-hybridized carbons (Fsp3) is 0.190. The van der Waals surface area contributed by atoms with Crippen molar-refractivity contribution in [1.29, 1.82) is 0 Å². The van der Waals surface area contributed by atoms with E-state index in [2.05, 4.69) is 20.6 Å². The van der Waals surface area contributed by atoms with Crippen LogP contribution < -0.4 is 10.6 Å². The van der Waals surface area contributed by atoms with Crippen LogP contribution in [0.3, 0.4) is 0 Å². The third kappa shape index (κ3) is 5.28. The van der Waals surface area contributed by atoms with Gasteiger partial charge in [0.05, 0.1) is 12.4 Å². The van der Waals surface area contributed by atoms with Gasteiger partial charge in [0.15, 0.2) is 0 Å². The Hall–Kier alpha value is -2.92. The van der Waals surface area contributed by atoms with Crippen molar-refractivity contribution in [3.05, 3.63) is 82.3 Å². The second kappa shape index (κ2) is 8.64. The van der Waals surface area contributed by atoms with Crippen molar-refractivity contribution in [2.24, 2.45) is 0 Å². The van der Waals surface area contributed by atoms with E-state index in [0.717, 1.165) is 28.3 Å². The minimum absolute atomic E-state index is 0.276. The summed E-state index contributed by atoms with van der Waals surface area (Å²) in [5, 5.41) is 6.80. The number of hydrogen-bond donors (Lipinski definition) is 2. The molecule has 3 aromatic rings. The number of nitrogens with zero attached hydrogens (tertiary/aromatic N) is 2. The SMILES string of the molecule is Cc1ccc(NC(=O)c2cnc(NCCc3ccc(Cl)cc3)cn2)c(C)c1. The summed E-state index contributed by atoms with van der Waals surface area (Å²) in [6.45, 7) is 4.69. The molecular formula is C21H21ClN4O. The third-order valence-electron chi connectivity index (χ3n) is 4.15. The summed E-state index contributed by atoms with van der Waals surface area (Å²) in [6.07, 6.45) is 3.88. The molecule has 1 heterocycles. The molecule has 0 aliphatic heterocycles. The van der Waals surface area contributed by atoms with Crippen LogP contribution in [-0.4, -0.2) is 22.4 Å². The van der Waals surface area contributed by atoms with Gasteiger partial charge in [0.25, 0.3) is 5.91 Å². The van der Waals surface area contributed by atoms with Crippen LogP contribution in [0.15, 0.2) is 54.9 Å². The fourth-order valence-electron chi connectivity index (χ4n) is 2.66. The van der Waals surface area contributed by atoms with E-state index in [4.69, 9.17) is 11.6 Å². The number of carbonyl (C=O) groups is 1. The first-order valence-corrected chi connectivity index (χ1v) is 9.08. The number of aryl methyl sites for hydroxylation is 2. The molecule has 0 aliphatic rings. The summed E-state index contributed by atoms with van der Waals surface area (Å²) < 4.78 is 0. The summed E-state index contributed by atoms with van der Waals surface area (Å²) >= 11 is 5.88. The minimum Gasteiger partial charge on any atom is -0.368 e. The predicted octanol–water partition coefficient (Wildman–Crippen LogP) is 4.65. The number of aromatic nitrogens is 2. The van der Waals surface area contributed by atoms with E-state index in [9.17, 15) is 4.79 Å². The van der Waals surface area contributed by atoms with Crippen LogP contribution in [0.1, 0.15) is 27.2 Å². The molecule has 0 atom stereocenters. The number of benzene rings is 2.